The van der Waals surface area contributed by atoms with E-state index in [4.69, 9.17) is 0 Å². The van der Waals surface area contributed by atoms with Gasteiger partial charge >= 0.3 is 0 Å². The molecule has 3 aromatic rings. The summed E-state index contributed by atoms with van der Waals surface area (Å²) in [5.74, 6) is 0. The lowest BCUT2D eigenvalue weighted by atomic mass is 10.1. The number of pyridine rings is 2. The van der Waals surface area contributed by atoms with Gasteiger partial charge in [-0.25, -0.2) is 4.98 Å². The van der Waals surface area contributed by atoms with Crippen molar-refractivity contribution in [3.8, 4) is 11.1 Å². The predicted octanol–water partition coefficient (Wildman–Crippen LogP) is 3.64. The average Bonchev–Trinajstić information content (AvgIpc) is 2.54. The molecule has 0 spiro atoms. The van der Waals surface area contributed by atoms with Crippen LogP contribution in [0.25, 0.3) is 22.2 Å². The first-order valence-electron chi connectivity index (χ1n) is 6.96. The van der Waals surface area contributed by atoms with Crippen molar-refractivity contribution < 1.29 is 0 Å². The predicted molar refractivity (Wildman–Crippen MR) is 86.3 cm³/mol. The molecule has 0 unspecified atom stereocenters. The Balaban J connectivity index is 2.29. The SMILES string of the molecule is C=CCCn1c(=O)c(-c2ccccc2)cc2cccnc21. The van der Waals surface area contributed by atoms with Gasteiger partial charge in [0.25, 0.3) is 5.56 Å². The minimum Gasteiger partial charge on any atom is -0.292 e. The molecule has 2 heterocycles. The van der Waals surface area contributed by atoms with Crippen LogP contribution in [-0.2, 0) is 6.54 Å². The zero-order valence-electron chi connectivity index (χ0n) is 11.7. The molecule has 0 saturated carbocycles. The Bertz CT molecular complexity index is 835. The molecule has 0 N–H and O–H groups in total. The minimum absolute atomic E-state index is 0.00532. The van der Waals surface area contributed by atoms with Crippen molar-refractivity contribution in [2.45, 2.75) is 13.0 Å². The molecule has 0 atom stereocenters. The van der Waals surface area contributed by atoms with Crippen LogP contribution in [0.2, 0.25) is 0 Å². The Morgan fingerprint density at radius 2 is 1.95 bits per heavy atom. The van der Waals surface area contributed by atoms with Crippen molar-refractivity contribution in [2.75, 3.05) is 0 Å². The number of fused-ring (bicyclic) bond motifs is 1. The number of benzene rings is 1. The Morgan fingerprint density at radius 1 is 1.14 bits per heavy atom. The summed E-state index contributed by atoms with van der Waals surface area (Å²) < 4.78 is 1.74. The van der Waals surface area contributed by atoms with Crippen LogP contribution in [-0.4, -0.2) is 9.55 Å². The maximum Gasteiger partial charge on any atom is 0.260 e. The Hall–Kier alpha value is -2.68. The fourth-order valence-electron chi connectivity index (χ4n) is 2.46. The summed E-state index contributed by atoms with van der Waals surface area (Å²) in [4.78, 5) is 17.1. The van der Waals surface area contributed by atoms with Crippen LogP contribution in [0.5, 0.6) is 0 Å². The van der Waals surface area contributed by atoms with E-state index in [0.29, 0.717) is 12.1 Å². The molecule has 0 aliphatic rings. The summed E-state index contributed by atoms with van der Waals surface area (Å²) in [6.07, 6.45) is 4.27. The molecule has 0 saturated heterocycles. The van der Waals surface area contributed by atoms with Crippen LogP contribution in [0.4, 0.5) is 0 Å². The second-order valence-electron chi connectivity index (χ2n) is 4.87. The average molecular weight is 276 g/mol. The molecule has 0 bridgehead atoms. The third kappa shape index (κ3) is 2.50. The van der Waals surface area contributed by atoms with Crippen LogP contribution in [0.1, 0.15) is 6.42 Å². The zero-order valence-corrected chi connectivity index (χ0v) is 11.7. The molecule has 104 valence electrons. The molecular formula is C18H16N2O. The van der Waals surface area contributed by atoms with Gasteiger partial charge in [-0.1, -0.05) is 36.4 Å². The van der Waals surface area contributed by atoms with E-state index in [1.807, 2.05) is 54.6 Å². The highest BCUT2D eigenvalue weighted by atomic mass is 16.1. The molecule has 3 heteroatoms. The fourth-order valence-corrected chi connectivity index (χ4v) is 2.46. The summed E-state index contributed by atoms with van der Waals surface area (Å²) in [7, 11) is 0. The maximum absolute atomic E-state index is 12.8. The van der Waals surface area contributed by atoms with Crippen molar-refractivity contribution >= 4 is 11.0 Å². The molecule has 0 radical (unpaired) electrons. The second-order valence-corrected chi connectivity index (χ2v) is 4.87. The summed E-state index contributed by atoms with van der Waals surface area (Å²) in [5.41, 5.74) is 2.36. The van der Waals surface area contributed by atoms with Crippen molar-refractivity contribution in [3.63, 3.8) is 0 Å². The van der Waals surface area contributed by atoms with Crippen molar-refractivity contribution in [1.82, 2.24) is 9.55 Å². The summed E-state index contributed by atoms with van der Waals surface area (Å²) in [6, 6.07) is 15.5. The van der Waals surface area contributed by atoms with E-state index in [9.17, 15) is 4.79 Å². The number of hydrogen-bond acceptors (Lipinski definition) is 2. The molecule has 0 fully saturated rings. The van der Waals surface area contributed by atoms with Crippen LogP contribution >= 0.6 is 0 Å². The highest BCUT2D eigenvalue weighted by Gasteiger charge is 2.10. The molecule has 1 aromatic carbocycles. The molecule has 0 aliphatic heterocycles. The van der Waals surface area contributed by atoms with Gasteiger partial charge < -0.3 is 0 Å². The van der Waals surface area contributed by atoms with Gasteiger partial charge in [0, 0.05) is 23.7 Å². The van der Waals surface area contributed by atoms with Crippen LogP contribution in [0.3, 0.4) is 0 Å². The lowest BCUT2D eigenvalue weighted by Crippen LogP contribution is -2.22. The lowest BCUT2D eigenvalue weighted by molar-refractivity contribution is 0.703. The van der Waals surface area contributed by atoms with Crippen LogP contribution < -0.4 is 5.56 Å². The molecule has 21 heavy (non-hydrogen) atoms. The van der Waals surface area contributed by atoms with Gasteiger partial charge in [0.15, 0.2) is 0 Å². The van der Waals surface area contributed by atoms with E-state index in [1.165, 1.54) is 0 Å². The molecular weight excluding hydrogens is 260 g/mol. The quantitative estimate of drug-likeness (QED) is 0.682. The van der Waals surface area contributed by atoms with Crippen molar-refractivity contribution in [2.24, 2.45) is 0 Å². The number of aryl methyl sites for hydroxylation is 1. The standard InChI is InChI=1S/C18H16N2O/c1-2-3-12-20-17-15(10-7-11-19-17)13-16(18(20)21)14-8-5-4-6-9-14/h2,4-11,13H,1,3,12H2. The second kappa shape index (κ2) is 5.75. The van der Waals surface area contributed by atoms with E-state index >= 15 is 0 Å². The van der Waals surface area contributed by atoms with Gasteiger partial charge in [-0.15, -0.1) is 6.58 Å². The summed E-state index contributed by atoms with van der Waals surface area (Å²) >= 11 is 0. The first kappa shape index (κ1) is 13.3. The summed E-state index contributed by atoms with van der Waals surface area (Å²) in [6.45, 7) is 4.32. The van der Waals surface area contributed by atoms with Crippen molar-refractivity contribution in [3.05, 3.63) is 77.7 Å². The number of aromatic nitrogens is 2. The van der Waals surface area contributed by atoms with E-state index < -0.39 is 0 Å². The number of nitrogens with zero attached hydrogens (tertiary/aromatic N) is 2. The Morgan fingerprint density at radius 3 is 2.71 bits per heavy atom. The van der Waals surface area contributed by atoms with Gasteiger partial charge in [0.05, 0.1) is 0 Å². The third-order valence-corrected chi connectivity index (χ3v) is 3.49. The maximum atomic E-state index is 12.8. The Labute approximate surface area is 123 Å². The topological polar surface area (TPSA) is 34.9 Å². The van der Waals surface area contributed by atoms with Gasteiger partial charge in [-0.2, -0.15) is 0 Å². The first-order chi connectivity index (χ1) is 10.3. The largest absolute Gasteiger partial charge is 0.292 e. The lowest BCUT2D eigenvalue weighted by Gasteiger charge is -2.11. The summed E-state index contributed by atoms with van der Waals surface area (Å²) in [5, 5.41) is 0.972. The Kier molecular flexibility index (Phi) is 3.65. The molecule has 2 aromatic heterocycles. The number of rotatable bonds is 4. The molecule has 3 nitrogen and oxygen atoms in total. The fraction of sp³-hybridized carbons (Fsp3) is 0.111. The third-order valence-electron chi connectivity index (χ3n) is 3.49. The number of allylic oxidation sites excluding steroid dienone is 1. The monoisotopic (exact) mass is 276 g/mol. The van der Waals surface area contributed by atoms with Gasteiger partial charge in [-0.05, 0) is 30.2 Å². The van der Waals surface area contributed by atoms with E-state index in [2.05, 4.69) is 11.6 Å². The van der Waals surface area contributed by atoms with E-state index in [0.717, 1.165) is 23.0 Å². The first-order valence-corrected chi connectivity index (χ1v) is 6.96. The smallest absolute Gasteiger partial charge is 0.260 e. The molecule has 0 amide bonds. The zero-order chi connectivity index (χ0) is 14.7. The van der Waals surface area contributed by atoms with E-state index in [1.54, 1.807) is 10.8 Å². The van der Waals surface area contributed by atoms with Crippen molar-refractivity contribution in [1.29, 1.82) is 0 Å². The van der Waals surface area contributed by atoms with Crippen LogP contribution in [0.15, 0.2) is 72.2 Å². The highest BCUT2D eigenvalue weighted by Crippen LogP contribution is 2.19. The normalized spacial score (nSPS) is 10.7. The molecule has 0 aliphatic carbocycles. The molecule has 3 rings (SSSR count). The minimum atomic E-state index is -0.00532. The highest BCUT2D eigenvalue weighted by molar-refractivity contribution is 5.81. The van der Waals surface area contributed by atoms with Gasteiger partial charge in [0.1, 0.15) is 5.65 Å². The van der Waals surface area contributed by atoms with Gasteiger partial charge in [0.2, 0.25) is 0 Å². The van der Waals surface area contributed by atoms with E-state index in [-0.39, 0.29) is 5.56 Å². The van der Waals surface area contributed by atoms with Crippen LogP contribution in [0, 0.1) is 0 Å². The van der Waals surface area contributed by atoms with Gasteiger partial charge in [-0.3, -0.25) is 9.36 Å². The number of hydrogen-bond donors (Lipinski definition) is 0.